The van der Waals surface area contributed by atoms with Crippen LogP contribution in [0.25, 0.3) is 69.6 Å². The molecule has 2 heterocycles. The van der Waals surface area contributed by atoms with Crippen molar-refractivity contribution in [2.45, 2.75) is 0 Å². The van der Waals surface area contributed by atoms with Crippen LogP contribution in [0.1, 0.15) is 0 Å². The van der Waals surface area contributed by atoms with E-state index in [9.17, 15) is 0 Å². The van der Waals surface area contributed by atoms with Crippen molar-refractivity contribution < 1.29 is 0 Å². The fourth-order valence-electron chi connectivity index (χ4n) is 7.52. The molecule has 0 aliphatic rings. The third-order valence-corrected chi connectivity index (χ3v) is 10.9. The summed E-state index contributed by atoms with van der Waals surface area (Å²) in [5, 5.41) is 7.60. The fourth-order valence-corrected chi connectivity index (χ4v) is 8.61. The summed E-state index contributed by atoms with van der Waals surface area (Å²) < 4.78 is 5.05. The van der Waals surface area contributed by atoms with Crippen molar-refractivity contribution in [3.05, 3.63) is 182 Å². The largest absolute Gasteiger partial charge is 0.310 e. The molecular weight excluding hydrogens is 613 g/mol. The average Bonchev–Trinajstić information content (AvgIpc) is 3.71. The lowest BCUT2D eigenvalue weighted by Gasteiger charge is -2.26. The van der Waals surface area contributed by atoms with Gasteiger partial charge in [0.2, 0.25) is 0 Å². The summed E-state index contributed by atoms with van der Waals surface area (Å²) in [5.74, 6) is 0. The van der Waals surface area contributed by atoms with Gasteiger partial charge < -0.3 is 9.47 Å². The minimum absolute atomic E-state index is 1.12. The maximum absolute atomic E-state index is 2.43. The van der Waals surface area contributed by atoms with Crippen LogP contribution in [-0.2, 0) is 0 Å². The van der Waals surface area contributed by atoms with Gasteiger partial charge in [0.1, 0.15) is 0 Å². The van der Waals surface area contributed by atoms with Gasteiger partial charge in [-0.1, -0.05) is 109 Å². The van der Waals surface area contributed by atoms with E-state index in [-0.39, 0.29) is 0 Å². The van der Waals surface area contributed by atoms with Crippen molar-refractivity contribution in [3.63, 3.8) is 0 Å². The van der Waals surface area contributed by atoms with Gasteiger partial charge in [-0.15, -0.1) is 11.3 Å². The maximum Gasteiger partial charge on any atom is 0.0562 e. The summed E-state index contributed by atoms with van der Waals surface area (Å²) in [6, 6.07) is 66.2. The van der Waals surface area contributed by atoms with Gasteiger partial charge in [0.05, 0.1) is 11.0 Å². The first kappa shape index (κ1) is 27.9. The van der Waals surface area contributed by atoms with E-state index in [1.165, 1.54) is 63.9 Å². The molecule has 49 heavy (non-hydrogen) atoms. The summed E-state index contributed by atoms with van der Waals surface area (Å²) in [4.78, 5) is 2.39. The van der Waals surface area contributed by atoms with Crippen LogP contribution in [0, 0.1) is 0 Å². The Balaban J connectivity index is 1.24. The van der Waals surface area contributed by atoms with E-state index >= 15 is 0 Å². The highest BCUT2D eigenvalue weighted by atomic mass is 32.1. The van der Waals surface area contributed by atoms with E-state index in [1.807, 2.05) is 11.3 Å². The molecule has 10 rings (SSSR count). The van der Waals surface area contributed by atoms with Crippen LogP contribution in [0.3, 0.4) is 0 Å². The Kier molecular flexibility index (Phi) is 6.39. The molecule has 0 bridgehead atoms. The monoisotopic (exact) mass is 642 g/mol. The zero-order chi connectivity index (χ0) is 32.3. The second-order valence-corrected chi connectivity index (χ2v) is 13.7. The predicted molar refractivity (Wildman–Crippen MR) is 211 cm³/mol. The maximum atomic E-state index is 2.43. The lowest BCUT2D eigenvalue weighted by molar-refractivity contribution is 1.18. The predicted octanol–water partition coefficient (Wildman–Crippen LogP) is 13.4. The van der Waals surface area contributed by atoms with Crippen molar-refractivity contribution >= 4 is 81.1 Å². The average molecular weight is 643 g/mol. The first-order chi connectivity index (χ1) is 24.3. The number of para-hydroxylation sites is 2. The Morgan fingerprint density at radius 3 is 2.00 bits per heavy atom. The summed E-state index contributed by atoms with van der Waals surface area (Å²) in [5.41, 5.74) is 9.36. The number of fused-ring (bicyclic) bond motifs is 7. The third kappa shape index (κ3) is 4.55. The smallest absolute Gasteiger partial charge is 0.0562 e. The Hall–Kier alpha value is -6.16. The second-order valence-electron chi connectivity index (χ2n) is 12.6. The Morgan fingerprint density at radius 2 is 1.12 bits per heavy atom. The zero-order valence-electron chi connectivity index (χ0n) is 26.6. The lowest BCUT2D eigenvalue weighted by atomic mass is 9.97. The number of hydrogen-bond donors (Lipinski definition) is 0. The number of benzene rings is 8. The number of thiophene rings is 1. The lowest BCUT2D eigenvalue weighted by Crippen LogP contribution is -2.09. The van der Waals surface area contributed by atoms with Crippen LogP contribution in [0.2, 0.25) is 0 Å². The van der Waals surface area contributed by atoms with Crippen molar-refractivity contribution in [1.29, 1.82) is 0 Å². The van der Waals surface area contributed by atoms with E-state index in [2.05, 4.69) is 191 Å². The molecule has 0 spiro atoms. The third-order valence-electron chi connectivity index (χ3n) is 9.74. The topological polar surface area (TPSA) is 8.17 Å². The van der Waals surface area contributed by atoms with Gasteiger partial charge in [0, 0.05) is 53.7 Å². The van der Waals surface area contributed by atoms with Crippen LogP contribution in [-0.4, -0.2) is 4.57 Å². The Morgan fingerprint density at radius 1 is 0.408 bits per heavy atom. The molecule has 10 aromatic rings. The van der Waals surface area contributed by atoms with E-state index in [0.717, 1.165) is 22.7 Å². The molecule has 0 amide bonds. The highest BCUT2D eigenvalue weighted by Crippen LogP contribution is 2.44. The van der Waals surface area contributed by atoms with Gasteiger partial charge >= 0.3 is 0 Å². The zero-order valence-corrected chi connectivity index (χ0v) is 27.4. The van der Waals surface area contributed by atoms with Crippen LogP contribution in [0.15, 0.2) is 182 Å². The highest BCUT2D eigenvalue weighted by Gasteiger charge is 2.20. The van der Waals surface area contributed by atoms with Crippen LogP contribution >= 0.6 is 11.3 Å². The molecule has 0 atom stereocenters. The molecule has 0 N–H and O–H groups in total. The van der Waals surface area contributed by atoms with E-state index in [0.29, 0.717) is 0 Å². The molecule has 2 aromatic heterocycles. The van der Waals surface area contributed by atoms with Gasteiger partial charge in [-0.25, -0.2) is 0 Å². The normalized spacial score (nSPS) is 11.7. The van der Waals surface area contributed by atoms with Crippen LogP contribution in [0.4, 0.5) is 17.1 Å². The molecule has 3 heteroatoms. The van der Waals surface area contributed by atoms with E-state index in [4.69, 9.17) is 0 Å². The number of anilines is 3. The highest BCUT2D eigenvalue weighted by molar-refractivity contribution is 7.25. The van der Waals surface area contributed by atoms with Gasteiger partial charge in [-0.3, -0.25) is 0 Å². The summed E-state index contributed by atoms with van der Waals surface area (Å²) >= 11 is 1.86. The molecule has 0 aliphatic heterocycles. The number of nitrogens with zero attached hydrogens (tertiary/aromatic N) is 2. The Bertz CT molecular complexity index is 2830. The fraction of sp³-hybridized carbons (Fsp3) is 0. The SMILES string of the molecule is c1ccc(N(c2ccc3sc4ccccc4c3c2)c2ccc3c4c(-c5ccc6ccccc6c5)cccc4n(-c4ccccc4)c3c2)cc1. The van der Waals surface area contributed by atoms with Gasteiger partial charge in [-0.05, 0) is 94.7 Å². The van der Waals surface area contributed by atoms with E-state index in [1.54, 1.807) is 0 Å². The Labute approximate surface area is 288 Å². The van der Waals surface area contributed by atoms with Crippen molar-refractivity contribution in [2.75, 3.05) is 4.90 Å². The molecule has 0 unspecified atom stereocenters. The number of rotatable bonds is 5. The first-order valence-electron chi connectivity index (χ1n) is 16.7. The summed E-state index contributed by atoms with van der Waals surface area (Å²) in [6.07, 6.45) is 0. The molecule has 0 saturated heterocycles. The molecular formula is C46H30N2S. The van der Waals surface area contributed by atoms with Crippen LogP contribution < -0.4 is 4.90 Å². The minimum atomic E-state index is 1.12. The second kappa shape index (κ2) is 11.2. The molecule has 0 fully saturated rings. The van der Waals surface area contributed by atoms with Crippen molar-refractivity contribution in [3.8, 4) is 16.8 Å². The van der Waals surface area contributed by atoms with Gasteiger partial charge in [0.15, 0.2) is 0 Å². The number of hydrogen-bond acceptors (Lipinski definition) is 2. The molecule has 0 aliphatic carbocycles. The van der Waals surface area contributed by atoms with E-state index < -0.39 is 0 Å². The number of aromatic nitrogens is 1. The standard InChI is InChI=1S/C46H30N2S/c1-3-14-34(15-4-1)47(36-25-27-45-41(29-36)39-18-9-10-21-44(39)49-45)37-24-26-40-43(30-37)48(35-16-5-2-6-17-35)42-20-11-19-38(46(40)42)33-23-22-31-12-7-8-13-32(31)28-33/h1-30H. The van der Waals surface area contributed by atoms with Gasteiger partial charge in [0.25, 0.3) is 0 Å². The van der Waals surface area contributed by atoms with Crippen molar-refractivity contribution in [1.82, 2.24) is 4.57 Å². The molecule has 8 aromatic carbocycles. The molecule has 230 valence electrons. The van der Waals surface area contributed by atoms with Gasteiger partial charge in [-0.2, -0.15) is 0 Å². The van der Waals surface area contributed by atoms with Crippen LogP contribution in [0.5, 0.6) is 0 Å². The summed E-state index contributed by atoms with van der Waals surface area (Å²) in [6.45, 7) is 0. The van der Waals surface area contributed by atoms with Crippen molar-refractivity contribution in [2.24, 2.45) is 0 Å². The molecule has 0 radical (unpaired) electrons. The minimum Gasteiger partial charge on any atom is -0.310 e. The first-order valence-corrected chi connectivity index (χ1v) is 17.5. The molecule has 2 nitrogen and oxygen atoms in total. The quantitative estimate of drug-likeness (QED) is 0.181. The summed E-state index contributed by atoms with van der Waals surface area (Å²) in [7, 11) is 0. The molecule has 0 saturated carbocycles.